The molecular formula is C32H23ClN4O8S2. The molecule has 238 valence electrons. The van der Waals surface area contributed by atoms with Gasteiger partial charge in [-0.2, -0.15) is 0 Å². The third kappa shape index (κ3) is 4.68. The average molecular weight is 691 g/mol. The molecule has 2 aliphatic heterocycles. The smallest absolute Gasteiger partial charge is 0.305 e. The van der Waals surface area contributed by atoms with Crippen molar-refractivity contribution in [1.82, 2.24) is 4.98 Å². The van der Waals surface area contributed by atoms with Crippen LogP contribution in [0.2, 0.25) is 5.02 Å². The summed E-state index contributed by atoms with van der Waals surface area (Å²) in [5.41, 5.74) is 1.34. The summed E-state index contributed by atoms with van der Waals surface area (Å²) in [4.78, 5) is 67.4. The van der Waals surface area contributed by atoms with Crippen molar-refractivity contribution in [3.63, 3.8) is 0 Å². The van der Waals surface area contributed by atoms with Crippen molar-refractivity contribution in [3.8, 4) is 5.75 Å². The van der Waals surface area contributed by atoms with Crippen molar-refractivity contribution >= 4 is 63.6 Å². The molecule has 2 aliphatic carbocycles. The van der Waals surface area contributed by atoms with Crippen molar-refractivity contribution in [2.45, 2.75) is 29.2 Å². The fourth-order valence-corrected chi connectivity index (χ4v) is 11.2. The number of thioether (sulfide) groups is 1. The molecule has 2 bridgehead atoms. The van der Waals surface area contributed by atoms with Crippen molar-refractivity contribution in [3.05, 3.63) is 118 Å². The van der Waals surface area contributed by atoms with Crippen molar-refractivity contribution in [2.75, 3.05) is 4.90 Å². The van der Waals surface area contributed by atoms with Crippen LogP contribution in [0.5, 0.6) is 5.75 Å². The highest BCUT2D eigenvalue weighted by Gasteiger charge is 2.70. The number of nitro groups is 2. The predicted octanol–water partition coefficient (Wildman–Crippen LogP) is 6.16. The van der Waals surface area contributed by atoms with E-state index in [1.807, 2.05) is 6.07 Å². The summed E-state index contributed by atoms with van der Waals surface area (Å²) >= 11 is 8.72. The Kier molecular flexibility index (Phi) is 7.00. The summed E-state index contributed by atoms with van der Waals surface area (Å²) in [6.07, 6.45) is 0.618. The number of carbonyl (C=O) groups is 2. The second-order valence-electron chi connectivity index (χ2n) is 12.1. The number of nitrogens with zero attached hydrogens (tertiary/aromatic N) is 3. The van der Waals surface area contributed by atoms with Crippen molar-refractivity contribution in [2.24, 2.45) is 29.6 Å². The number of aromatic nitrogens is 1. The second kappa shape index (κ2) is 11.0. The van der Waals surface area contributed by atoms with E-state index in [9.17, 15) is 34.6 Å². The fraction of sp³-hybridized carbons (Fsp3) is 0.281. The van der Waals surface area contributed by atoms with Gasteiger partial charge in [-0.05, 0) is 60.1 Å². The maximum atomic E-state index is 14.1. The van der Waals surface area contributed by atoms with E-state index in [0.717, 1.165) is 26.7 Å². The second-order valence-corrected chi connectivity index (χ2v) is 14.8. The maximum absolute atomic E-state index is 14.1. The number of thiazole rings is 1. The van der Waals surface area contributed by atoms with E-state index in [4.69, 9.17) is 16.3 Å². The van der Waals surface area contributed by atoms with Crippen LogP contribution in [0, 0.1) is 49.8 Å². The van der Waals surface area contributed by atoms with Gasteiger partial charge >= 0.3 is 4.87 Å². The number of non-ortho nitro benzene ring substituents is 2. The van der Waals surface area contributed by atoms with Gasteiger partial charge in [-0.3, -0.25) is 39.5 Å². The van der Waals surface area contributed by atoms with E-state index in [0.29, 0.717) is 27.8 Å². The van der Waals surface area contributed by atoms with E-state index in [2.05, 4.69) is 4.98 Å². The Morgan fingerprint density at radius 2 is 1.62 bits per heavy atom. The van der Waals surface area contributed by atoms with Gasteiger partial charge in [0.25, 0.3) is 11.4 Å². The maximum Gasteiger partial charge on any atom is 0.305 e. The number of rotatable bonds is 7. The molecule has 12 nitrogen and oxygen atoms in total. The standard InChI is InChI=1S/C32H23ClN4O8S2/c33-15-3-1-2-14(10-15)13-45-22-9-8-18(37(43)44)11-19(22)23-24-20-12-21(27(24)46-29-28(23)47-32(40)34-29)26-25(20)30(38)35(31(26)39)16-4-6-17(7-5-16)36(41)42/h1-11,20-21,23-27H,12-13H2,(H,34,40)/t20?,21?,23-,24?,25?,26?,27?/m1/s1. The topological polar surface area (TPSA) is 166 Å². The molecule has 0 radical (unpaired) electrons. The number of hydrogen-bond acceptors (Lipinski definition) is 10. The summed E-state index contributed by atoms with van der Waals surface area (Å²) in [5, 5.41) is 24.2. The number of amides is 2. The Morgan fingerprint density at radius 1 is 0.915 bits per heavy atom. The first-order chi connectivity index (χ1) is 22.6. The number of imide groups is 1. The molecule has 6 unspecified atom stereocenters. The number of aromatic amines is 1. The molecule has 8 rings (SSSR count). The van der Waals surface area contributed by atoms with Crippen LogP contribution in [0.1, 0.15) is 28.3 Å². The van der Waals surface area contributed by atoms with Crippen LogP contribution < -0.4 is 14.5 Å². The third-order valence-electron chi connectivity index (χ3n) is 9.87. The molecule has 2 amide bonds. The molecule has 1 saturated heterocycles. The zero-order chi connectivity index (χ0) is 32.7. The Morgan fingerprint density at radius 3 is 2.32 bits per heavy atom. The Bertz CT molecular complexity index is 2070. The molecule has 0 spiro atoms. The molecule has 1 N–H and O–H groups in total. The summed E-state index contributed by atoms with van der Waals surface area (Å²) in [6, 6.07) is 17.0. The number of ether oxygens (including phenoxy) is 1. The molecule has 4 aromatic rings. The molecular weight excluding hydrogens is 668 g/mol. The van der Waals surface area contributed by atoms with E-state index < -0.39 is 27.6 Å². The molecule has 3 heterocycles. The highest BCUT2D eigenvalue weighted by atomic mass is 35.5. The van der Waals surface area contributed by atoms with Crippen LogP contribution in [-0.2, 0) is 16.2 Å². The normalized spacial score (nSPS) is 27.0. The van der Waals surface area contributed by atoms with E-state index in [1.54, 1.807) is 24.3 Å². The quantitative estimate of drug-likeness (QED) is 0.136. The zero-order valence-electron chi connectivity index (χ0n) is 24.1. The molecule has 47 heavy (non-hydrogen) atoms. The summed E-state index contributed by atoms with van der Waals surface area (Å²) in [5.74, 6) is -2.65. The zero-order valence-corrected chi connectivity index (χ0v) is 26.5. The van der Waals surface area contributed by atoms with Crippen LogP contribution in [0.3, 0.4) is 0 Å². The number of H-pyrrole nitrogens is 1. The van der Waals surface area contributed by atoms with E-state index in [1.165, 1.54) is 48.2 Å². The Labute approximate surface area is 279 Å². The van der Waals surface area contributed by atoms with E-state index >= 15 is 0 Å². The highest BCUT2D eigenvalue weighted by molar-refractivity contribution is 8.00. The fourth-order valence-electron chi connectivity index (χ4n) is 8.15. The predicted molar refractivity (Wildman–Crippen MR) is 173 cm³/mol. The lowest BCUT2D eigenvalue weighted by Gasteiger charge is -2.43. The van der Waals surface area contributed by atoms with Gasteiger partial charge in [0.05, 0.1) is 32.4 Å². The number of carbonyl (C=O) groups excluding carboxylic acids is 2. The number of nitro benzene ring substituents is 2. The number of nitrogens with one attached hydrogen (secondary N) is 1. The van der Waals surface area contributed by atoms with Crippen molar-refractivity contribution < 1.29 is 24.2 Å². The first-order valence-corrected chi connectivity index (χ1v) is 16.9. The molecule has 3 fully saturated rings. The van der Waals surface area contributed by atoms with Gasteiger partial charge in [-0.1, -0.05) is 35.1 Å². The molecule has 3 aromatic carbocycles. The molecule has 2 saturated carbocycles. The molecule has 1 aromatic heterocycles. The summed E-state index contributed by atoms with van der Waals surface area (Å²) in [7, 11) is 0. The largest absolute Gasteiger partial charge is 0.489 e. The average Bonchev–Trinajstić information content (AvgIpc) is 3.78. The van der Waals surface area contributed by atoms with Gasteiger partial charge < -0.3 is 9.72 Å². The van der Waals surface area contributed by atoms with Crippen LogP contribution >= 0.6 is 34.7 Å². The van der Waals surface area contributed by atoms with Gasteiger partial charge in [0.15, 0.2) is 0 Å². The first-order valence-electron chi connectivity index (χ1n) is 14.8. The Balaban J connectivity index is 1.20. The third-order valence-corrected chi connectivity index (χ3v) is 12.7. The van der Waals surface area contributed by atoms with Gasteiger partial charge in [-0.25, -0.2) is 0 Å². The molecule has 7 atom stereocenters. The molecule has 4 aliphatic rings. The van der Waals surface area contributed by atoms with E-state index in [-0.39, 0.29) is 63.4 Å². The van der Waals surface area contributed by atoms with Crippen molar-refractivity contribution in [1.29, 1.82) is 0 Å². The minimum Gasteiger partial charge on any atom is -0.489 e. The number of hydrogen-bond donors (Lipinski definition) is 1. The number of fused-ring (bicyclic) bond motifs is 9. The lowest BCUT2D eigenvalue weighted by molar-refractivity contribution is -0.385. The first kappa shape index (κ1) is 29.8. The lowest BCUT2D eigenvalue weighted by Crippen LogP contribution is -2.42. The summed E-state index contributed by atoms with van der Waals surface area (Å²) < 4.78 is 6.29. The molecule has 15 heteroatoms. The lowest BCUT2D eigenvalue weighted by atomic mass is 9.68. The van der Waals surface area contributed by atoms with Gasteiger partial charge in [0, 0.05) is 50.9 Å². The van der Waals surface area contributed by atoms with Crippen LogP contribution in [0.25, 0.3) is 0 Å². The number of halogens is 1. The Hall–Kier alpha value is -4.53. The highest BCUT2D eigenvalue weighted by Crippen LogP contribution is 2.69. The van der Waals surface area contributed by atoms with Crippen LogP contribution in [0.4, 0.5) is 17.1 Å². The van der Waals surface area contributed by atoms with Gasteiger partial charge in [0.1, 0.15) is 12.4 Å². The number of benzene rings is 3. The monoisotopic (exact) mass is 690 g/mol. The van der Waals surface area contributed by atoms with Crippen LogP contribution in [0.15, 0.2) is 76.6 Å². The van der Waals surface area contributed by atoms with Gasteiger partial charge in [0.2, 0.25) is 11.8 Å². The number of anilines is 1. The summed E-state index contributed by atoms with van der Waals surface area (Å²) in [6.45, 7) is 0.144. The SMILES string of the molecule is O=C1C2C3CC(C2C(=O)N1c1ccc([N+](=O)[O-])cc1)C1C3Sc2[nH]c(=O)sc2[C@@H]1c1cc([N+](=O)[O-])ccc1OCc1cccc(Cl)c1. The minimum atomic E-state index is -0.626. The minimum absolute atomic E-state index is 0.133. The van der Waals surface area contributed by atoms with Gasteiger partial charge in [-0.15, -0.1) is 11.8 Å². The van der Waals surface area contributed by atoms with Crippen LogP contribution in [-0.4, -0.2) is 31.9 Å².